The van der Waals surface area contributed by atoms with Crippen molar-refractivity contribution in [2.24, 2.45) is 10.2 Å². The molecule has 0 aromatic heterocycles. The van der Waals surface area contributed by atoms with E-state index < -0.39 is 0 Å². The fourth-order valence-electron chi connectivity index (χ4n) is 3.86. The maximum Gasteiger partial charge on any atom is 0.292 e. The van der Waals surface area contributed by atoms with E-state index in [1.54, 1.807) is 24.3 Å². The smallest absolute Gasteiger partial charge is 0.292 e. The van der Waals surface area contributed by atoms with E-state index in [9.17, 15) is 9.59 Å². The van der Waals surface area contributed by atoms with Gasteiger partial charge < -0.3 is 4.90 Å². The van der Waals surface area contributed by atoms with Crippen molar-refractivity contribution in [1.29, 1.82) is 0 Å². The largest absolute Gasteiger partial charge is 0.324 e. The van der Waals surface area contributed by atoms with E-state index in [4.69, 9.17) is 0 Å². The number of amides is 2. The average Bonchev–Trinajstić information content (AvgIpc) is 3.02. The van der Waals surface area contributed by atoms with Crippen LogP contribution in [0.2, 0.25) is 0 Å². The highest BCUT2D eigenvalue weighted by molar-refractivity contribution is 6.21. The van der Waals surface area contributed by atoms with Gasteiger partial charge in [0.25, 0.3) is 5.91 Å². The molecule has 2 aromatic rings. The fourth-order valence-corrected chi connectivity index (χ4v) is 3.86. The number of likely N-dealkylation sites (tertiary alicyclic amines) is 1. The van der Waals surface area contributed by atoms with Gasteiger partial charge in [-0.1, -0.05) is 18.2 Å². The first kappa shape index (κ1) is 17.5. The zero-order chi connectivity index (χ0) is 18.6. The molecule has 0 spiro atoms. The normalized spacial score (nSPS) is 21.3. The lowest BCUT2D eigenvalue weighted by atomic mass is 10.1. The third-order valence-electron chi connectivity index (χ3n) is 5.28. The summed E-state index contributed by atoms with van der Waals surface area (Å²) >= 11 is 0. The van der Waals surface area contributed by atoms with Crippen LogP contribution in [0.5, 0.6) is 0 Å². The van der Waals surface area contributed by atoms with Crippen LogP contribution in [0, 0.1) is 0 Å². The summed E-state index contributed by atoms with van der Waals surface area (Å²) in [6, 6.07) is 16.4. The molecular weight excluding hydrogens is 340 g/mol. The number of imide groups is 1. The van der Waals surface area contributed by atoms with Crippen LogP contribution in [0.25, 0.3) is 0 Å². The molecule has 0 radical (unpaired) electrons. The highest BCUT2D eigenvalue weighted by Crippen LogP contribution is 2.26. The molecule has 2 aliphatic rings. The summed E-state index contributed by atoms with van der Waals surface area (Å²) in [5.41, 5.74) is 2.07. The second kappa shape index (κ2) is 7.80. The Labute approximate surface area is 158 Å². The Morgan fingerprint density at radius 3 is 2.11 bits per heavy atom. The van der Waals surface area contributed by atoms with Crippen molar-refractivity contribution in [3.05, 3.63) is 54.6 Å². The maximum absolute atomic E-state index is 12.9. The van der Waals surface area contributed by atoms with Crippen LogP contribution in [0.4, 0.5) is 17.1 Å². The molecule has 1 atom stereocenters. The molecule has 6 heteroatoms. The van der Waals surface area contributed by atoms with Crippen LogP contribution in [0.1, 0.15) is 25.7 Å². The number of benzene rings is 2. The Morgan fingerprint density at radius 2 is 1.44 bits per heavy atom. The van der Waals surface area contributed by atoms with Crippen LogP contribution < -0.4 is 9.80 Å². The number of piperidine rings is 1. The van der Waals surface area contributed by atoms with Gasteiger partial charge in [0, 0.05) is 0 Å². The van der Waals surface area contributed by atoms with E-state index in [2.05, 4.69) is 10.2 Å². The minimum atomic E-state index is -0.227. The third kappa shape index (κ3) is 3.80. The second-order valence-electron chi connectivity index (χ2n) is 7.09. The maximum atomic E-state index is 12.9. The Bertz CT molecular complexity index is 842. The lowest BCUT2D eigenvalue weighted by Crippen LogP contribution is -3.17. The highest BCUT2D eigenvalue weighted by Gasteiger charge is 2.45. The summed E-state index contributed by atoms with van der Waals surface area (Å²) in [4.78, 5) is 27.9. The number of hydrogen-bond donors (Lipinski definition) is 1. The molecule has 0 unspecified atom stereocenters. The lowest BCUT2D eigenvalue weighted by Gasteiger charge is -2.27. The Hall–Kier alpha value is -2.86. The summed E-state index contributed by atoms with van der Waals surface area (Å²) < 4.78 is 0. The van der Waals surface area contributed by atoms with Crippen molar-refractivity contribution in [2.75, 3.05) is 18.0 Å². The summed E-state index contributed by atoms with van der Waals surface area (Å²) in [6.07, 6.45) is 3.80. The number of nitrogens with one attached hydrogen (secondary N) is 1. The van der Waals surface area contributed by atoms with E-state index in [-0.39, 0.29) is 17.9 Å². The zero-order valence-electron chi connectivity index (χ0n) is 15.2. The van der Waals surface area contributed by atoms with Crippen molar-refractivity contribution in [2.45, 2.75) is 31.7 Å². The Morgan fingerprint density at radius 1 is 0.815 bits per heavy atom. The van der Waals surface area contributed by atoms with Gasteiger partial charge >= 0.3 is 0 Å². The van der Waals surface area contributed by atoms with Crippen LogP contribution in [0.15, 0.2) is 64.8 Å². The molecule has 2 saturated heterocycles. The first-order chi connectivity index (χ1) is 13.2. The van der Waals surface area contributed by atoms with E-state index in [0.717, 1.165) is 31.6 Å². The first-order valence-corrected chi connectivity index (χ1v) is 9.50. The van der Waals surface area contributed by atoms with Crippen LogP contribution in [-0.2, 0) is 9.59 Å². The van der Waals surface area contributed by atoms with Gasteiger partial charge in [0.1, 0.15) is 0 Å². The number of carbonyl (C=O) groups excluding carboxylic acids is 2. The number of rotatable bonds is 4. The van der Waals surface area contributed by atoms with Crippen LogP contribution >= 0.6 is 0 Å². The molecule has 2 aliphatic heterocycles. The first-order valence-electron chi connectivity index (χ1n) is 9.50. The molecular formula is C21H23N4O2+. The predicted molar refractivity (Wildman–Crippen MR) is 103 cm³/mol. The summed E-state index contributed by atoms with van der Waals surface area (Å²) in [5, 5.41) is 8.38. The molecule has 1 N–H and O–H groups in total. The molecule has 0 aliphatic carbocycles. The van der Waals surface area contributed by atoms with Gasteiger partial charge in [-0.3, -0.25) is 9.59 Å². The summed E-state index contributed by atoms with van der Waals surface area (Å²) in [7, 11) is 0. The van der Waals surface area contributed by atoms with Crippen molar-refractivity contribution in [1.82, 2.24) is 0 Å². The standard InChI is InChI=1S/C21H22N4O2/c26-20-15-19(24-13-5-2-6-14-24)21(27)25(20)18-11-9-17(10-12-18)23-22-16-7-3-1-4-8-16/h1,3-4,7-12,19H,2,5-6,13-15H2/p+1/t19-/m1/s1. The summed E-state index contributed by atoms with van der Waals surface area (Å²) in [5.74, 6) is -0.183. The van der Waals surface area contributed by atoms with E-state index in [1.807, 2.05) is 30.3 Å². The molecule has 0 saturated carbocycles. The molecule has 138 valence electrons. The van der Waals surface area contributed by atoms with Gasteiger partial charge in [0.2, 0.25) is 5.91 Å². The fraction of sp³-hybridized carbons (Fsp3) is 0.333. The highest BCUT2D eigenvalue weighted by atomic mass is 16.2. The topological polar surface area (TPSA) is 66.5 Å². The van der Waals surface area contributed by atoms with Crippen molar-refractivity contribution in [3.63, 3.8) is 0 Å². The molecule has 2 heterocycles. The van der Waals surface area contributed by atoms with Gasteiger partial charge in [0.05, 0.1) is 36.6 Å². The average molecular weight is 363 g/mol. The van der Waals surface area contributed by atoms with Gasteiger partial charge in [-0.2, -0.15) is 10.2 Å². The number of nitrogens with zero attached hydrogens (tertiary/aromatic N) is 3. The Balaban J connectivity index is 1.47. The summed E-state index contributed by atoms with van der Waals surface area (Å²) in [6.45, 7) is 1.96. The molecule has 2 aromatic carbocycles. The molecule has 4 rings (SSSR count). The van der Waals surface area contributed by atoms with Crippen molar-refractivity contribution < 1.29 is 14.5 Å². The second-order valence-corrected chi connectivity index (χ2v) is 7.09. The SMILES string of the molecule is O=C1C[C@@H]([NH+]2CCCCC2)C(=O)N1c1ccc(N=Nc2ccccc2)cc1. The minimum absolute atomic E-state index is 0.0736. The van der Waals surface area contributed by atoms with Gasteiger partial charge in [-0.05, 0) is 55.7 Å². The zero-order valence-corrected chi connectivity index (χ0v) is 15.2. The van der Waals surface area contributed by atoms with Crippen molar-refractivity contribution in [3.8, 4) is 0 Å². The van der Waals surface area contributed by atoms with Gasteiger partial charge in [-0.15, -0.1) is 0 Å². The molecule has 27 heavy (non-hydrogen) atoms. The minimum Gasteiger partial charge on any atom is -0.324 e. The van der Waals surface area contributed by atoms with E-state index >= 15 is 0 Å². The Kier molecular flexibility index (Phi) is 5.07. The number of anilines is 1. The number of carbonyl (C=O) groups is 2. The predicted octanol–water partition coefficient (Wildman–Crippen LogP) is 2.80. The third-order valence-corrected chi connectivity index (χ3v) is 5.28. The molecule has 2 amide bonds. The lowest BCUT2D eigenvalue weighted by molar-refractivity contribution is -0.919. The molecule has 2 fully saturated rings. The van der Waals surface area contributed by atoms with E-state index in [0.29, 0.717) is 17.8 Å². The van der Waals surface area contributed by atoms with Crippen LogP contribution in [-0.4, -0.2) is 30.9 Å². The monoisotopic (exact) mass is 363 g/mol. The van der Waals surface area contributed by atoms with Gasteiger partial charge in [-0.25, -0.2) is 4.90 Å². The molecule has 6 nitrogen and oxygen atoms in total. The van der Waals surface area contributed by atoms with E-state index in [1.165, 1.54) is 16.2 Å². The number of quaternary nitrogens is 1. The number of hydrogen-bond acceptors (Lipinski definition) is 4. The van der Waals surface area contributed by atoms with Crippen LogP contribution in [0.3, 0.4) is 0 Å². The van der Waals surface area contributed by atoms with Gasteiger partial charge in [0.15, 0.2) is 6.04 Å². The van der Waals surface area contributed by atoms with Crippen molar-refractivity contribution >= 4 is 28.9 Å². The number of azo groups is 1. The quantitative estimate of drug-likeness (QED) is 0.670. The molecule has 0 bridgehead atoms.